The summed E-state index contributed by atoms with van der Waals surface area (Å²) in [5.41, 5.74) is 2.38. The summed E-state index contributed by atoms with van der Waals surface area (Å²) in [5.74, 6) is 0. The summed E-state index contributed by atoms with van der Waals surface area (Å²) in [7, 11) is 0. The van der Waals surface area contributed by atoms with Gasteiger partial charge in [-0.3, -0.25) is 0 Å². The van der Waals surface area contributed by atoms with Gasteiger partial charge < -0.3 is 15.2 Å². The molecule has 22 heavy (non-hydrogen) atoms. The van der Waals surface area contributed by atoms with Crippen molar-refractivity contribution in [3.05, 3.63) is 59.9 Å². The summed E-state index contributed by atoms with van der Waals surface area (Å²) >= 11 is 0. The van der Waals surface area contributed by atoms with E-state index in [4.69, 9.17) is 0 Å². The van der Waals surface area contributed by atoms with Gasteiger partial charge in [0, 0.05) is 24.5 Å². The SMILES string of the molecule is O=C(NCc1cccn1Cc1ccccc1)NC1CCCC1. The third kappa shape index (κ3) is 3.91. The molecule has 0 unspecified atom stereocenters. The van der Waals surface area contributed by atoms with Gasteiger partial charge in [0.1, 0.15) is 0 Å². The lowest BCUT2D eigenvalue weighted by atomic mass is 10.2. The number of carbonyl (C=O) groups is 1. The minimum atomic E-state index is -0.0561. The van der Waals surface area contributed by atoms with E-state index in [9.17, 15) is 4.79 Å². The van der Waals surface area contributed by atoms with E-state index in [0.717, 1.165) is 25.1 Å². The maximum absolute atomic E-state index is 11.9. The van der Waals surface area contributed by atoms with Crippen LogP contribution < -0.4 is 10.6 Å². The number of nitrogens with one attached hydrogen (secondary N) is 2. The fourth-order valence-corrected chi connectivity index (χ4v) is 3.02. The molecule has 1 aromatic heterocycles. The Morgan fingerprint density at radius 3 is 2.64 bits per heavy atom. The van der Waals surface area contributed by atoms with Gasteiger partial charge in [0.25, 0.3) is 0 Å². The number of nitrogens with zero attached hydrogens (tertiary/aromatic N) is 1. The molecule has 1 aliphatic carbocycles. The largest absolute Gasteiger partial charge is 0.345 e. The first-order valence-electron chi connectivity index (χ1n) is 8.03. The number of hydrogen-bond acceptors (Lipinski definition) is 1. The molecule has 2 aromatic rings. The van der Waals surface area contributed by atoms with Gasteiger partial charge in [0.05, 0.1) is 6.54 Å². The Bertz CT molecular complexity index is 600. The zero-order chi connectivity index (χ0) is 15.2. The molecule has 4 nitrogen and oxygen atoms in total. The maximum atomic E-state index is 11.9. The summed E-state index contributed by atoms with van der Waals surface area (Å²) < 4.78 is 2.17. The van der Waals surface area contributed by atoms with E-state index in [0.29, 0.717) is 12.6 Å². The van der Waals surface area contributed by atoms with Crippen molar-refractivity contribution < 1.29 is 4.79 Å². The molecule has 1 fully saturated rings. The van der Waals surface area contributed by atoms with Gasteiger partial charge >= 0.3 is 6.03 Å². The van der Waals surface area contributed by atoms with Gasteiger partial charge in [0.15, 0.2) is 0 Å². The zero-order valence-electron chi connectivity index (χ0n) is 12.8. The minimum Gasteiger partial charge on any atom is -0.345 e. The van der Waals surface area contributed by atoms with Crippen LogP contribution in [0.3, 0.4) is 0 Å². The van der Waals surface area contributed by atoms with E-state index in [1.807, 2.05) is 24.3 Å². The van der Waals surface area contributed by atoms with Crippen molar-refractivity contribution in [2.75, 3.05) is 0 Å². The van der Waals surface area contributed by atoms with Crippen LogP contribution in [-0.2, 0) is 13.1 Å². The van der Waals surface area contributed by atoms with Crippen LogP contribution in [0.2, 0.25) is 0 Å². The van der Waals surface area contributed by atoms with E-state index in [-0.39, 0.29) is 6.03 Å². The van der Waals surface area contributed by atoms with E-state index >= 15 is 0 Å². The van der Waals surface area contributed by atoms with Crippen LogP contribution in [0.15, 0.2) is 48.7 Å². The summed E-state index contributed by atoms with van der Waals surface area (Å²) in [4.78, 5) is 11.9. The number of carbonyl (C=O) groups excluding carboxylic acids is 1. The molecule has 2 amide bonds. The fraction of sp³-hybridized carbons (Fsp3) is 0.389. The Hall–Kier alpha value is -2.23. The molecule has 2 N–H and O–H groups in total. The molecule has 1 saturated carbocycles. The average molecular weight is 297 g/mol. The van der Waals surface area contributed by atoms with Crippen LogP contribution in [0.5, 0.6) is 0 Å². The quantitative estimate of drug-likeness (QED) is 0.874. The highest BCUT2D eigenvalue weighted by Crippen LogP contribution is 2.17. The average Bonchev–Trinajstić information content (AvgIpc) is 3.18. The molecule has 0 spiro atoms. The van der Waals surface area contributed by atoms with Gasteiger partial charge in [-0.15, -0.1) is 0 Å². The molecule has 4 heteroatoms. The van der Waals surface area contributed by atoms with Gasteiger partial charge in [-0.2, -0.15) is 0 Å². The number of hydrogen-bond donors (Lipinski definition) is 2. The molecule has 0 saturated heterocycles. The Morgan fingerprint density at radius 1 is 1.09 bits per heavy atom. The van der Waals surface area contributed by atoms with Gasteiger partial charge in [-0.05, 0) is 30.5 Å². The second kappa shape index (κ2) is 7.16. The van der Waals surface area contributed by atoms with Crippen molar-refractivity contribution in [2.24, 2.45) is 0 Å². The summed E-state index contributed by atoms with van der Waals surface area (Å²) in [5, 5.41) is 6.02. The fourth-order valence-electron chi connectivity index (χ4n) is 3.02. The molecule has 1 heterocycles. The number of benzene rings is 1. The van der Waals surface area contributed by atoms with Crippen LogP contribution in [0.25, 0.3) is 0 Å². The highest BCUT2D eigenvalue weighted by molar-refractivity contribution is 5.74. The molecule has 0 atom stereocenters. The molecule has 1 aliphatic rings. The Morgan fingerprint density at radius 2 is 1.86 bits per heavy atom. The Kier molecular flexibility index (Phi) is 4.78. The van der Waals surface area contributed by atoms with Crippen molar-refractivity contribution in [3.63, 3.8) is 0 Å². The van der Waals surface area contributed by atoms with E-state index < -0.39 is 0 Å². The maximum Gasteiger partial charge on any atom is 0.315 e. The van der Waals surface area contributed by atoms with Crippen molar-refractivity contribution in [3.8, 4) is 0 Å². The lowest BCUT2D eigenvalue weighted by Crippen LogP contribution is -2.40. The number of aromatic nitrogens is 1. The molecular formula is C18H23N3O. The first-order chi connectivity index (χ1) is 10.8. The Labute approximate surface area is 131 Å². The number of amides is 2. The van der Waals surface area contributed by atoms with E-state index in [1.165, 1.54) is 18.4 Å². The van der Waals surface area contributed by atoms with Crippen molar-refractivity contribution in [2.45, 2.75) is 44.8 Å². The smallest absolute Gasteiger partial charge is 0.315 e. The van der Waals surface area contributed by atoms with Gasteiger partial charge in [-0.25, -0.2) is 4.79 Å². The molecule has 0 bridgehead atoms. The summed E-state index contributed by atoms with van der Waals surface area (Å²) in [6, 6.07) is 14.7. The minimum absolute atomic E-state index is 0.0561. The molecule has 0 radical (unpaired) electrons. The summed E-state index contributed by atoms with van der Waals surface area (Å²) in [6.45, 7) is 1.38. The molecule has 1 aromatic carbocycles. The highest BCUT2D eigenvalue weighted by Gasteiger charge is 2.16. The van der Waals surface area contributed by atoms with Crippen LogP contribution >= 0.6 is 0 Å². The molecular weight excluding hydrogens is 274 g/mol. The van der Waals surface area contributed by atoms with Crippen LogP contribution in [0, 0.1) is 0 Å². The monoisotopic (exact) mass is 297 g/mol. The third-order valence-corrected chi connectivity index (χ3v) is 4.24. The molecule has 3 rings (SSSR count). The number of urea groups is 1. The Balaban J connectivity index is 1.52. The van der Waals surface area contributed by atoms with Crippen LogP contribution in [0.4, 0.5) is 4.79 Å². The van der Waals surface area contributed by atoms with Gasteiger partial charge in [0.2, 0.25) is 0 Å². The van der Waals surface area contributed by atoms with Crippen LogP contribution in [-0.4, -0.2) is 16.6 Å². The van der Waals surface area contributed by atoms with Crippen molar-refractivity contribution in [1.82, 2.24) is 15.2 Å². The predicted octanol–water partition coefficient (Wildman–Crippen LogP) is 3.28. The normalized spacial score (nSPS) is 14.9. The lowest BCUT2D eigenvalue weighted by molar-refractivity contribution is 0.236. The third-order valence-electron chi connectivity index (χ3n) is 4.24. The van der Waals surface area contributed by atoms with Crippen molar-refractivity contribution >= 4 is 6.03 Å². The van der Waals surface area contributed by atoms with Crippen LogP contribution in [0.1, 0.15) is 36.9 Å². The number of rotatable bonds is 5. The van der Waals surface area contributed by atoms with Gasteiger partial charge in [-0.1, -0.05) is 43.2 Å². The molecule has 0 aliphatic heterocycles. The lowest BCUT2D eigenvalue weighted by Gasteiger charge is -2.14. The summed E-state index contributed by atoms with van der Waals surface area (Å²) in [6.07, 6.45) is 6.73. The topological polar surface area (TPSA) is 46.1 Å². The molecule has 116 valence electrons. The standard InChI is InChI=1S/C18H23N3O/c22-18(20-16-9-4-5-10-16)19-13-17-11-6-12-21(17)14-15-7-2-1-3-8-15/h1-3,6-8,11-12,16H,4-5,9-10,13-14H2,(H2,19,20,22). The second-order valence-corrected chi connectivity index (χ2v) is 5.92. The first kappa shape index (κ1) is 14.7. The zero-order valence-corrected chi connectivity index (χ0v) is 12.8. The predicted molar refractivity (Wildman–Crippen MR) is 87.6 cm³/mol. The highest BCUT2D eigenvalue weighted by atomic mass is 16.2. The van der Waals surface area contributed by atoms with Crippen molar-refractivity contribution in [1.29, 1.82) is 0 Å². The second-order valence-electron chi connectivity index (χ2n) is 5.92. The first-order valence-corrected chi connectivity index (χ1v) is 8.03. The van der Waals surface area contributed by atoms with E-state index in [1.54, 1.807) is 0 Å². The van der Waals surface area contributed by atoms with E-state index in [2.05, 4.69) is 39.6 Å².